The van der Waals surface area contributed by atoms with Crippen LogP contribution in [0.25, 0.3) is 5.65 Å². The largest absolute Gasteiger partial charge is 0.363 e. The number of hydrogen-bond donors (Lipinski definition) is 2. The van der Waals surface area contributed by atoms with Crippen LogP contribution < -0.4 is 11.0 Å². The summed E-state index contributed by atoms with van der Waals surface area (Å²) >= 11 is 0. The fourth-order valence-corrected chi connectivity index (χ4v) is 1.42. The molecule has 0 saturated heterocycles. The monoisotopic (exact) mass is 232 g/mol. The molecule has 0 fully saturated rings. The lowest BCUT2D eigenvalue weighted by Crippen LogP contribution is -2.10. The summed E-state index contributed by atoms with van der Waals surface area (Å²) in [5, 5.41) is 12.8. The lowest BCUT2D eigenvalue weighted by atomic mass is 10.4. The van der Waals surface area contributed by atoms with Crippen LogP contribution in [0.1, 0.15) is 5.76 Å². The molecule has 3 aromatic rings. The Morgan fingerprint density at radius 2 is 2.47 bits per heavy atom. The maximum Gasteiger partial charge on any atom is 0.348 e. The molecule has 8 nitrogen and oxygen atoms in total. The number of fused-ring (bicyclic) bond motifs is 1. The molecule has 0 saturated carbocycles. The van der Waals surface area contributed by atoms with Crippen molar-refractivity contribution in [2.45, 2.75) is 6.54 Å². The number of anilines is 1. The zero-order valence-electron chi connectivity index (χ0n) is 8.62. The third-order valence-electron chi connectivity index (χ3n) is 2.24. The van der Waals surface area contributed by atoms with E-state index in [2.05, 4.69) is 25.7 Å². The molecule has 0 aromatic carbocycles. The fraction of sp³-hybridized carbons (Fsp3) is 0.111. The summed E-state index contributed by atoms with van der Waals surface area (Å²) in [5.41, 5.74) is 0.194. The first-order valence-corrected chi connectivity index (χ1v) is 4.89. The second kappa shape index (κ2) is 3.74. The minimum absolute atomic E-state index is 0.311. The summed E-state index contributed by atoms with van der Waals surface area (Å²) in [5.74, 6) is 1.30. The average molecular weight is 232 g/mol. The van der Waals surface area contributed by atoms with Crippen molar-refractivity contribution in [1.82, 2.24) is 24.7 Å². The quantitative estimate of drug-likeness (QED) is 0.660. The third-order valence-corrected chi connectivity index (χ3v) is 2.24. The number of aromatic nitrogens is 5. The SMILES string of the molecule is O=c1[nH]nc2cc(NCc3ccno3)ncn12. The first-order valence-electron chi connectivity index (χ1n) is 4.89. The van der Waals surface area contributed by atoms with Crippen LogP contribution in [-0.4, -0.2) is 24.7 Å². The Hall–Kier alpha value is -2.64. The second-order valence-corrected chi connectivity index (χ2v) is 3.36. The van der Waals surface area contributed by atoms with Crippen LogP contribution in [-0.2, 0) is 6.54 Å². The maximum absolute atomic E-state index is 11.2. The van der Waals surface area contributed by atoms with E-state index in [0.29, 0.717) is 23.8 Å². The molecule has 0 amide bonds. The van der Waals surface area contributed by atoms with Crippen molar-refractivity contribution in [2.75, 3.05) is 5.32 Å². The molecule has 86 valence electrons. The van der Waals surface area contributed by atoms with Crippen LogP contribution in [0.4, 0.5) is 5.82 Å². The van der Waals surface area contributed by atoms with E-state index >= 15 is 0 Å². The van der Waals surface area contributed by atoms with Crippen molar-refractivity contribution in [2.24, 2.45) is 0 Å². The molecule has 0 bridgehead atoms. The highest BCUT2D eigenvalue weighted by Gasteiger charge is 2.03. The van der Waals surface area contributed by atoms with Crippen LogP contribution in [0.15, 0.2) is 34.0 Å². The topological polar surface area (TPSA) is 101 Å². The van der Waals surface area contributed by atoms with Gasteiger partial charge in [0.25, 0.3) is 0 Å². The maximum atomic E-state index is 11.2. The van der Waals surface area contributed by atoms with Crippen molar-refractivity contribution >= 4 is 11.5 Å². The average Bonchev–Trinajstić information content (AvgIpc) is 2.97. The summed E-state index contributed by atoms with van der Waals surface area (Å²) in [4.78, 5) is 15.3. The molecule has 0 atom stereocenters. The third kappa shape index (κ3) is 1.75. The molecule has 0 unspecified atom stereocenters. The number of nitrogens with zero attached hydrogens (tertiary/aromatic N) is 4. The van der Waals surface area contributed by atoms with E-state index in [1.807, 2.05) is 0 Å². The summed E-state index contributed by atoms with van der Waals surface area (Å²) in [7, 11) is 0. The van der Waals surface area contributed by atoms with Gasteiger partial charge >= 0.3 is 5.69 Å². The molecule has 0 spiro atoms. The van der Waals surface area contributed by atoms with Gasteiger partial charge in [0.05, 0.1) is 12.7 Å². The molecule has 0 aliphatic heterocycles. The lowest BCUT2D eigenvalue weighted by molar-refractivity contribution is 0.388. The van der Waals surface area contributed by atoms with Gasteiger partial charge in [0.2, 0.25) is 0 Å². The van der Waals surface area contributed by atoms with Crippen LogP contribution in [0.2, 0.25) is 0 Å². The minimum Gasteiger partial charge on any atom is -0.363 e. The van der Waals surface area contributed by atoms with Crippen molar-refractivity contribution in [3.63, 3.8) is 0 Å². The molecule has 2 N–H and O–H groups in total. The highest BCUT2D eigenvalue weighted by molar-refractivity contribution is 5.48. The molecule has 17 heavy (non-hydrogen) atoms. The first kappa shape index (κ1) is 9.58. The van der Waals surface area contributed by atoms with Crippen molar-refractivity contribution in [3.05, 3.63) is 40.9 Å². The molecule has 0 aliphatic carbocycles. The Morgan fingerprint density at radius 1 is 1.53 bits per heavy atom. The van der Waals surface area contributed by atoms with Gasteiger partial charge < -0.3 is 9.84 Å². The highest BCUT2D eigenvalue weighted by atomic mass is 16.5. The van der Waals surface area contributed by atoms with Crippen LogP contribution in [0.3, 0.4) is 0 Å². The highest BCUT2D eigenvalue weighted by Crippen LogP contribution is 2.06. The van der Waals surface area contributed by atoms with Gasteiger partial charge in [-0.15, -0.1) is 0 Å². The zero-order valence-corrected chi connectivity index (χ0v) is 8.62. The van der Waals surface area contributed by atoms with Crippen molar-refractivity contribution in [3.8, 4) is 0 Å². The number of nitrogens with one attached hydrogen (secondary N) is 2. The Labute approximate surface area is 94.3 Å². The number of hydrogen-bond acceptors (Lipinski definition) is 6. The van der Waals surface area contributed by atoms with Gasteiger partial charge in [0, 0.05) is 12.1 Å². The van der Waals surface area contributed by atoms with Crippen molar-refractivity contribution < 1.29 is 4.52 Å². The van der Waals surface area contributed by atoms with Gasteiger partial charge in [-0.05, 0) is 0 Å². The summed E-state index contributed by atoms with van der Waals surface area (Å²) in [6, 6.07) is 3.42. The first-order chi connectivity index (χ1) is 8.33. The van der Waals surface area contributed by atoms with Crippen molar-refractivity contribution in [1.29, 1.82) is 0 Å². The van der Waals surface area contributed by atoms with E-state index in [9.17, 15) is 4.79 Å². The minimum atomic E-state index is -0.311. The number of H-pyrrole nitrogens is 1. The molecular formula is C9H8N6O2. The summed E-state index contributed by atoms with van der Waals surface area (Å²) in [6.07, 6.45) is 2.98. The van der Waals surface area contributed by atoms with Gasteiger partial charge in [-0.3, -0.25) is 0 Å². The molecule has 3 aromatic heterocycles. The van der Waals surface area contributed by atoms with E-state index in [1.165, 1.54) is 10.7 Å². The van der Waals surface area contributed by atoms with E-state index < -0.39 is 0 Å². The number of aromatic amines is 1. The van der Waals surface area contributed by atoms with Gasteiger partial charge in [0.1, 0.15) is 12.1 Å². The zero-order chi connectivity index (χ0) is 11.7. The normalized spacial score (nSPS) is 10.8. The van der Waals surface area contributed by atoms with E-state index in [4.69, 9.17) is 4.52 Å². The molecule has 0 radical (unpaired) electrons. The van der Waals surface area contributed by atoms with E-state index in [-0.39, 0.29) is 5.69 Å². The molecule has 3 rings (SSSR count). The predicted octanol–water partition coefficient (Wildman–Crippen LogP) is 0.0177. The van der Waals surface area contributed by atoms with Gasteiger partial charge in [-0.25, -0.2) is 19.3 Å². The summed E-state index contributed by atoms with van der Waals surface area (Å²) < 4.78 is 6.25. The fourth-order valence-electron chi connectivity index (χ4n) is 1.42. The molecular weight excluding hydrogens is 224 g/mol. The number of rotatable bonds is 3. The Kier molecular flexibility index (Phi) is 2.11. The molecule has 0 aliphatic rings. The Morgan fingerprint density at radius 3 is 3.29 bits per heavy atom. The lowest BCUT2D eigenvalue weighted by Gasteiger charge is -2.01. The van der Waals surface area contributed by atoms with Gasteiger partial charge in [-0.2, -0.15) is 5.10 Å². The summed E-state index contributed by atoms with van der Waals surface area (Å²) in [6.45, 7) is 0.470. The van der Waals surface area contributed by atoms with Gasteiger partial charge in [-0.1, -0.05) is 5.16 Å². The second-order valence-electron chi connectivity index (χ2n) is 3.36. The Balaban J connectivity index is 1.83. The Bertz CT molecular complexity index is 683. The predicted molar refractivity (Wildman–Crippen MR) is 57.4 cm³/mol. The van der Waals surface area contributed by atoms with Gasteiger partial charge in [0.15, 0.2) is 11.4 Å². The van der Waals surface area contributed by atoms with E-state index in [0.717, 1.165) is 0 Å². The van der Waals surface area contributed by atoms with E-state index in [1.54, 1.807) is 18.3 Å². The molecule has 8 heteroatoms. The standard InChI is InChI=1S/C9H8N6O2/c16-9-14-13-8-3-7(11-5-15(8)9)10-4-6-1-2-12-17-6/h1-3,5,10H,4H2,(H,14,16). The van der Waals surface area contributed by atoms with Crippen LogP contribution in [0.5, 0.6) is 0 Å². The smallest absolute Gasteiger partial charge is 0.348 e. The van der Waals surface area contributed by atoms with Crippen LogP contribution >= 0.6 is 0 Å². The van der Waals surface area contributed by atoms with Crippen LogP contribution in [0, 0.1) is 0 Å². The molecule has 3 heterocycles.